The van der Waals surface area contributed by atoms with Crippen LogP contribution >= 0.6 is 0 Å². The summed E-state index contributed by atoms with van der Waals surface area (Å²) in [5.74, 6) is 1.02. The van der Waals surface area contributed by atoms with Gasteiger partial charge in [-0.2, -0.15) is 0 Å². The van der Waals surface area contributed by atoms with E-state index in [0.717, 1.165) is 12.2 Å². The number of rotatable bonds is 5. The van der Waals surface area contributed by atoms with Crippen LogP contribution in [0.5, 0.6) is 5.75 Å². The van der Waals surface area contributed by atoms with Gasteiger partial charge in [-0.1, -0.05) is 18.2 Å². The van der Waals surface area contributed by atoms with Crippen molar-refractivity contribution in [2.75, 3.05) is 13.1 Å². The first kappa shape index (κ1) is 14.9. The minimum atomic E-state index is 0.0521. The van der Waals surface area contributed by atoms with Gasteiger partial charge in [-0.25, -0.2) is 0 Å². The molecule has 0 saturated carbocycles. The van der Waals surface area contributed by atoms with E-state index in [-0.39, 0.29) is 17.6 Å². The first-order valence-corrected chi connectivity index (χ1v) is 7.20. The van der Waals surface area contributed by atoms with Crippen molar-refractivity contribution in [3.8, 4) is 5.75 Å². The average molecular weight is 276 g/mol. The summed E-state index contributed by atoms with van der Waals surface area (Å²) < 4.78 is 5.79. The van der Waals surface area contributed by atoms with E-state index in [0.29, 0.717) is 19.5 Å². The minimum Gasteiger partial charge on any atom is -0.488 e. The van der Waals surface area contributed by atoms with Crippen LogP contribution in [-0.4, -0.2) is 30.6 Å². The van der Waals surface area contributed by atoms with Gasteiger partial charge in [0, 0.05) is 24.9 Å². The number of amides is 1. The molecule has 0 bridgehead atoms. The largest absolute Gasteiger partial charge is 0.488 e. The molecule has 1 aromatic carbocycles. The van der Waals surface area contributed by atoms with Crippen LogP contribution in [0.4, 0.5) is 0 Å². The molecule has 20 heavy (non-hydrogen) atoms. The lowest BCUT2D eigenvalue weighted by atomic mass is 10.1. The van der Waals surface area contributed by atoms with Gasteiger partial charge in [0.25, 0.3) is 0 Å². The Bertz CT molecular complexity index is 441. The van der Waals surface area contributed by atoms with E-state index < -0.39 is 0 Å². The van der Waals surface area contributed by atoms with Gasteiger partial charge >= 0.3 is 0 Å². The van der Waals surface area contributed by atoms with Gasteiger partial charge in [0.15, 0.2) is 0 Å². The number of fused-ring (bicyclic) bond motifs is 1. The third-order valence-electron chi connectivity index (χ3n) is 3.25. The third-order valence-corrected chi connectivity index (χ3v) is 3.25. The molecule has 0 fully saturated rings. The zero-order valence-corrected chi connectivity index (χ0v) is 12.5. The van der Waals surface area contributed by atoms with Crippen LogP contribution in [0, 0.1) is 0 Å². The van der Waals surface area contributed by atoms with Crippen molar-refractivity contribution in [2.24, 2.45) is 0 Å². The highest BCUT2D eigenvalue weighted by Gasteiger charge is 2.22. The Hall–Kier alpha value is -1.55. The second kappa shape index (κ2) is 6.27. The lowest BCUT2D eigenvalue weighted by molar-refractivity contribution is -0.121. The van der Waals surface area contributed by atoms with Crippen molar-refractivity contribution in [3.63, 3.8) is 0 Å². The van der Waals surface area contributed by atoms with Gasteiger partial charge in [0.2, 0.25) is 5.91 Å². The Morgan fingerprint density at radius 2 is 2.10 bits per heavy atom. The normalized spacial score (nSPS) is 17.4. The van der Waals surface area contributed by atoms with E-state index in [9.17, 15) is 4.79 Å². The van der Waals surface area contributed by atoms with Crippen molar-refractivity contribution in [2.45, 2.75) is 45.3 Å². The van der Waals surface area contributed by atoms with E-state index in [1.54, 1.807) is 0 Å². The van der Waals surface area contributed by atoms with Crippen molar-refractivity contribution < 1.29 is 9.53 Å². The van der Waals surface area contributed by atoms with E-state index in [4.69, 9.17) is 4.74 Å². The summed E-state index contributed by atoms with van der Waals surface area (Å²) in [6.45, 7) is 7.54. The first-order chi connectivity index (χ1) is 9.44. The maximum absolute atomic E-state index is 11.8. The van der Waals surface area contributed by atoms with Crippen molar-refractivity contribution in [1.82, 2.24) is 10.6 Å². The molecule has 110 valence electrons. The topological polar surface area (TPSA) is 50.4 Å². The minimum absolute atomic E-state index is 0.0521. The van der Waals surface area contributed by atoms with Crippen LogP contribution in [0.2, 0.25) is 0 Å². The monoisotopic (exact) mass is 276 g/mol. The van der Waals surface area contributed by atoms with Gasteiger partial charge in [-0.15, -0.1) is 0 Å². The van der Waals surface area contributed by atoms with E-state index in [1.807, 2.05) is 18.2 Å². The molecule has 0 saturated heterocycles. The van der Waals surface area contributed by atoms with Gasteiger partial charge in [0.05, 0.1) is 6.54 Å². The molecule has 0 aliphatic carbocycles. The second-order valence-electron chi connectivity index (χ2n) is 6.28. The SMILES string of the molecule is CC(C)(C)NCCC(=O)NCC1Cc2ccccc2O1. The van der Waals surface area contributed by atoms with Gasteiger partial charge < -0.3 is 15.4 Å². The Balaban J connectivity index is 1.66. The molecule has 0 radical (unpaired) electrons. The summed E-state index contributed by atoms with van der Waals surface area (Å²) in [4.78, 5) is 11.8. The van der Waals surface area contributed by atoms with E-state index in [1.165, 1.54) is 5.56 Å². The summed E-state index contributed by atoms with van der Waals surface area (Å²) in [7, 11) is 0. The predicted molar refractivity (Wildman–Crippen MR) is 79.9 cm³/mol. The van der Waals surface area contributed by atoms with E-state index in [2.05, 4.69) is 37.5 Å². The number of hydrogen-bond donors (Lipinski definition) is 2. The number of ether oxygens (including phenoxy) is 1. The number of benzene rings is 1. The lowest BCUT2D eigenvalue weighted by Gasteiger charge is -2.20. The highest BCUT2D eigenvalue weighted by atomic mass is 16.5. The fourth-order valence-corrected chi connectivity index (χ4v) is 2.23. The molecule has 1 aliphatic rings. The molecule has 0 spiro atoms. The number of carbonyl (C=O) groups excluding carboxylic acids is 1. The van der Waals surface area contributed by atoms with Crippen LogP contribution in [0.3, 0.4) is 0 Å². The summed E-state index contributed by atoms with van der Waals surface area (Å²) in [6, 6.07) is 8.04. The zero-order valence-electron chi connectivity index (χ0n) is 12.5. The van der Waals surface area contributed by atoms with Crippen molar-refractivity contribution >= 4 is 5.91 Å². The van der Waals surface area contributed by atoms with Crippen LogP contribution < -0.4 is 15.4 Å². The fraction of sp³-hybridized carbons (Fsp3) is 0.562. The number of hydrogen-bond acceptors (Lipinski definition) is 3. The molecule has 0 aromatic heterocycles. The second-order valence-corrected chi connectivity index (χ2v) is 6.28. The molecule has 1 aromatic rings. The van der Waals surface area contributed by atoms with Gasteiger partial charge in [-0.05, 0) is 32.4 Å². The highest BCUT2D eigenvalue weighted by Crippen LogP contribution is 2.27. The summed E-state index contributed by atoms with van der Waals surface area (Å²) in [5, 5.41) is 6.24. The molecule has 4 nitrogen and oxygen atoms in total. The molecule has 4 heteroatoms. The van der Waals surface area contributed by atoms with Crippen LogP contribution in [0.15, 0.2) is 24.3 Å². The van der Waals surface area contributed by atoms with Crippen LogP contribution in [0.1, 0.15) is 32.8 Å². The lowest BCUT2D eigenvalue weighted by Crippen LogP contribution is -2.40. The first-order valence-electron chi connectivity index (χ1n) is 7.20. The van der Waals surface area contributed by atoms with Gasteiger partial charge in [-0.3, -0.25) is 4.79 Å². The van der Waals surface area contributed by atoms with Crippen molar-refractivity contribution in [1.29, 1.82) is 0 Å². The molecular formula is C16H24N2O2. The highest BCUT2D eigenvalue weighted by molar-refractivity contribution is 5.76. The average Bonchev–Trinajstić information content (AvgIpc) is 2.77. The zero-order chi connectivity index (χ0) is 14.6. The number of carbonyl (C=O) groups is 1. The molecule has 1 heterocycles. The Labute approximate surface area is 120 Å². The smallest absolute Gasteiger partial charge is 0.221 e. The number of nitrogens with one attached hydrogen (secondary N) is 2. The molecule has 2 rings (SSSR count). The van der Waals surface area contributed by atoms with Gasteiger partial charge in [0.1, 0.15) is 11.9 Å². The molecular weight excluding hydrogens is 252 g/mol. The van der Waals surface area contributed by atoms with E-state index >= 15 is 0 Å². The summed E-state index contributed by atoms with van der Waals surface area (Å²) in [6.07, 6.45) is 1.43. The molecule has 1 unspecified atom stereocenters. The molecule has 1 amide bonds. The molecule has 1 atom stereocenters. The fourth-order valence-electron chi connectivity index (χ4n) is 2.23. The van der Waals surface area contributed by atoms with Crippen LogP contribution in [0.25, 0.3) is 0 Å². The Kier molecular flexibility index (Phi) is 4.65. The predicted octanol–water partition coefficient (Wildman–Crippen LogP) is 1.88. The standard InChI is InChI=1S/C16H24N2O2/c1-16(2,3)18-9-8-15(19)17-11-13-10-12-6-4-5-7-14(12)20-13/h4-7,13,18H,8-11H2,1-3H3,(H,17,19). The molecule has 1 aliphatic heterocycles. The molecule has 2 N–H and O–H groups in total. The maximum Gasteiger partial charge on any atom is 0.221 e. The Morgan fingerprint density at radius 1 is 1.35 bits per heavy atom. The Morgan fingerprint density at radius 3 is 2.80 bits per heavy atom. The quantitative estimate of drug-likeness (QED) is 0.863. The van der Waals surface area contributed by atoms with Crippen LogP contribution in [-0.2, 0) is 11.2 Å². The third kappa shape index (κ3) is 4.53. The summed E-state index contributed by atoms with van der Waals surface area (Å²) in [5.41, 5.74) is 1.28. The van der Waals surface area contributed by atoms with Crippen molar-refractivity contribution in [3.05, 3.63) is 29.8 Å². The summed E-state index contributed by atoms with van der Waals surface area (Å²) >= 11 is 0. The maximum atomic E-state index is 11.8. The number of para-hydroxylation sites is 1.